The van der Waals surface area contributed by atoms with Gasteiger partial charge in [-0.2, -0.15) is 11.3 Å². The summed E-state index contributed by atoms with van der Waals surface area (Å²) in [6.07, 6.45) is 0. The van der Waals surface area contributed by atoms with Gasteiger partial charge >= 0.3 is 0 Å². The first kappa shape index (κ1) is 12.6. The molecule has 2 N–H and O–H groups in total. The van der Waals surface area contributed by atoms with Gasteiger partial charge in [0.05, 0.1) is 16.1 Å². The summed E-state index contributed by atoms with van der Waals surface area (Å²) in [6, 6.07) is 8.28. The normalized spacial score (nSPS) is 9.83. The molecule has 0 fully saturated rings. The number of halogens is 1. The molecule has 2 amide bonds. The zero-order valence-electron chi connectivity index (χ0n) is 9.14. The summed E-state index contributed by atoms with van der Waals surface area (Å²) in [5, 5.41) is 3.81. The van der Waals surface area contributed by atoms with Crippen LogP contribution in [0.5, 0.6) is 0 Å². The fourth-order valence-corrected chi connectivity index (χ4v) is 2.15. The molecule has 0 aliphatic carbocycles. The Morgan fingerprint density at radius 3 is 2.44 bits per heavy atom. The van der Waals surface area contributed by atoms with Crippen molar-refractivity contribution in [3.05, 3.63) is 57.2 Å². The number of amides is 2. The van der Waals surface area contributed by atoms with Crippen LogP contribution in [0.1, 0.15) is 20.7 Å². The van der Waals surface area contributed by atoms with Gasteiger partial charge in [-0.25, -0.2) is 0 Å². The Labute approximate surface area is 113 Å². The highest BCUT2D eigenvalue weighted by Gasteiger charge is 2.11. The van der Waals surface area contributed by atoms with Crippen molar-refractivity contribution in [1.82, 2.24) is 10.9 Å². The van der Waals surface area contributed by atoms with Crippen LogP contribution in [0.2, 0.25) is 5.02 Å². The second-order valence-electron chi connectivity index (χ2n) is 3.40. The fourth-order valence-electron chi connectivity index (χ4n) is 1.29. The summed E-state index contributed by atoms with van der Waals surface area (Å²) < 4.78 is 0. The molecule has 1 heterocycles. The number of carbonyl (C=O) groups excluding carboxylic acids is 2. The van der Waals surface area contributed by atoms with Gasteiger partial charge in [0.1, 0.15) is 0 Å². The topological polar surface area (TPSA) is 58.2 Å². The Morgan fingerprint density at radius 1 is 1.06 bits per heavy atom. The Balaban J connectivity index is 1.97. The molecular formula is C12H9ClN2O2S. The maximum absolute atomic E-state index is 11.7. The largest absolute Gasteiger partial charge is 0.271 e. The molecule has 0 atom stereocenters. The molecule has 0 aliphatic rings. The van der Waals surface area contributed by atoms with Crippen LogP contribution in [-0.4, -0.2) is 11.8 Å². The van der Waals surface area contributed by atoms with Crippen molar-refractivity contribution in [3.8, 4) is 0 Å². The second kappa shape index (κ2) is 5.66. The lowest BCUT2D eigenvalue weighted by molar-refractivity contribution is 0.0847. The summed E-state index contributed by atoms with van der Waals surface area (Å²) in [4.78, 5) is 23.3. The predicted octanol–water partition coefficient (Wildman–Crippen LogP) is 2.48. The van der Waals surface area contributed by atoms with Crippen LogP contribution < -0.4 is 10.9 Å². The molecule has 1 aromatic heterocycles. The summed E-state index contributed by atoms with van der Waals surface area (Å²) in [5.74, 6) is -0.819. The van der Waals surface area contributed by atoms with Gasteiger partial charge < -0.3 is 0 Å². The number of nitrogens with one attached hydrogen (secondary N) is 2. The summed E-state index contributed by atoms with van der Waals surface area (Å²) in [7, 11) is 0. The molecule has 18 heavy (non-hydrogen) atoms. The molecule has 2 rings (SSSR count). The number of hydrogen-bond donors (Lipinski definition) is 2. The van der Waals surface area contributed by atoms with Gasteiger partial charge in [-0.05, 0) is 23.6 Å². The lowest BCUT2D eigenvalue weighted by Crippen LogP contribution is -2.41. The Bertz CT molecular complexity index is 569. The van der Waals surface area contributed by atoms with Crippen molar-refractivity contribution >= 4 is 34.8 Å². The third-order valence-corrected chi connectivity index (χ3v) is 3.20. The highest BCUT2D eigenvalue weighted by molar-refractivity contribution is 7.08. The molecule has 92 valence electrons. The molecule has 4 nitrogen and oxygen atoms in total. The van der Waals surface area contributed by atoms with E-state index >= 15 is 0 Å². The predicted molar refractivity (Wildman–Crippen MR) is 70.7 cm³/mol. The van der Waals surface area contributed by atoms with E-state index in [1.165, 1.54) is 11.3 Å². The van der Waals surface area contributed by atoms with E-state index in [0.29, 0.717) is 16.1 Å². The fraction of sp³-hybridized carbons (Fsp3) is 0. The number of carbonyl (C=O) groups is 2. The third-order valence-electron chi connectivity index (χ3n) is 2.19. The second-order valence-corrected chi connectivity index (χ2v) is 4.59. The number of benzene rings is 1. The summed E-state index contributed by atoms with van der Waals surface area (Å²) >= 11 is 7.27. The number of hydrogen-bond acceptors (Lipinski definition) is 3. The Morgan fingerprint density at radius 2 is 1.78 bits per heavy atom. The third kappa shape index (κ3) is 2.88. The van der Waals surface area contributed by atoms with E-state index in [-0.39, 0.29) is 5.91 Å². The lowest BCUT2D eigenvalue weighted by Gasteiger charge is -2.07. The zero-order valence-corrected chi connectivity index (χ0v) is 10.7. The van der Waals surface area contributed by atoms with E-state index in [1.54, 1.807) is 41.1 Å². The molecule has 0 bridgehead atoms. The average molecular weight is 281 g/mol. The van der Waals surface area contributed by atoms with Gasteiger partial charge in [0.25, 0.3) is 11.8 Å². The molecule has 0 saturated heterocycles. The summed E-state index contributed by atoms with van der Waals surface area (Å²) in [5.41, 5.74) is 5.44. The van der Waals surface area contributed by atoms with Gasteiger partial charge in [-0.1, -0.05) is 23.7 Å². The van der Waals surface area contributed by atoms with E-state index in [2.05, 4.69) is 10.9 Å². The first-order valence-corrected chi connectivity index (χ1v) is 6.38. The van der Waals surface area contributed by atoms with Crippen LogP contribution >= 0.6 is 22.9 Å². The van der Waals surface area contributed by atoms with Gasteiger partial charge in [0, 0.05) is 5.38 Å². The Hall–Kier alpha value is -1.85. The summed E-state index contributed by atoms with van der Waals surface area (Å²) in [6.45, 7) is 0. The standard InChI is InChI=1S/C12H9ClN2O2S/c13-10-4-2-1-3-9(10)12(17)15-14-11(16)8-5-6-18-7-8/h1-7H,(H,14,16)(H,15,17). The van der Waals surface area contributed by atoms with E-state index in [0.717, 1.165) is 0 Å². The van der Waals surface area contributed by atoms with Gasteiger partial charge in [-0.15, -0.1) is 0 Å². The first-order valence-electron chi connectivity index (χ1n) is 5.06. The maximum Gasteiger partial charge on any atom is 0.271 e. The van der Waals surface area contributed by atoms with Crippen LogP contribution in [0, 0.1) is 0 Å². The van der Waals surface area contributed by atoms with E-state index in [1.807, 2.05) is 0 Å². The van der Waals surface area contributed by atoms with Crippen molar-refractivity contribution in [3.63, 3.8) is 0 Å². The van der Waals surface area contributed by atoms with Crippen LogP contribution in [0.25, 0.3) is 0 Å². The lowest BCUT2D eigenvalue weighted by atomic mass is 10.2. The molecule has 0 saturated carbocycles. The highest BCUT2D eigenvalue weighted by Crippen LogP contribution is 2.14. The van der Waals surface area contributed by atoms with Crippen molar-refractivity contribution < 1.29 is 9.59 Å². The average Bonchev–Trinajstić information content (AvgIpc) is 2.90. The molecule has 6 heteroatoms. The highest BCUT2D eigenvalue weighted by atomic mass is 35.5. The molecule has 0 unspecified atom stereocenters. The van der Waals surface area contributed by atoms with Crippen LogP contribution in [0.3, 0.4) is 0 Å². The zero-order chi connectivity index (χ0) is 13.0. The van der Waals surface area contributed by atoms with E-state index in [4.69, 9.17) is 11.6 Å². The molecule has 0 radical (unpaired) electrons. The van der Waals surface area contributed by atoms with E-state index in [9.17, 15) is 9.59 Å². The van der Waals surface area contributed by atoms with Crippen LogP contribution in [0.4, 0.5) is 0 Å². The van der Waals surface area contributed by atoms with Crippen molar-refractivity contribution in [1.29, 1.82) is 0 Å². The van der Waals surface area contributed by atoms with Crippen molar-refractivity contribution in [2.75, 3.05) is 0 Å². The smallest absolute Gasteiger partial charge is 0.267 e. The Kier molecular flexibility index (Phi) is 3.96. The first-order chi connectivity index (χ1) is 8.68. The quantitative estimate of drug-likeness (QED) is 0.830. The minimum Gasteiger partial charge on any atom is -0.267 e. The van der Waals surface area contributed by atoms with Gasteiger partial charge in [0.2, 0.25) is 0 Å². The minimum atomic E-state index is -0.454. The van der Waals surface area contributed by atoms with Crippen LogP contribution in [-0.2, 0) is 0 Å². The maximum atomic E-state index is 11.7. The molecule has 2 aromatic rings. The minimum absolute atomic E-state index is 0.310. The monoisotopic (exact) mass is 280 g/mol. The number of hydrazine groups is 1. The molecule has 1 aromatic carbocycles. The molecule has 0 aliphatic heterocycles. The number of rotatable bonds is 2. The van der Waals surface area contributed by atoms with Crippen molar-refractivity contribution in [2.45, 2.75) is 0 Å². The van der Waals surface area contributed by atoms with Gasteiger partial charge in [0.15, 0.2) is 0 Å². The van der Waals surface area contributed by atoms with Crippen molar-refractivity contribution in [2.24, 2.45) is 0 Å². The molecule has 0 spiro atoms. The van der Waals surface area contributed by atoms with Crippen LogP contribution in [0.15, 0.2) is 41.1 Å². The number of thiophene rings is 1. The molecular weight excluding hydrogens is 272 g/mol. The van der Waals surface area contributed by atoms with E-state index < -0.39 is 5.91 Å². The van der Waals surface area contributed by atoms with Gasteiger partial charge in [-0.3, -0.25) is 20.4 Å². The SMILES string of the molecule is O=C(NNC(=O)c1ccccc1Cl)c1ccsc1.